The van der Waals surface area contributed by atoms with E-state index in [9.17, 15) is 0 Å². The summed E-state index contributed by atoms with van der Waals surface area (Å²) in [5.41, 5.74) is 11.2. The Morgan fingerprint density at radius 2 is 1.15 bits per heavy atom. The lowest BCUT2D eigenvalue weighted by molar-refractivity contribution is 0.754. The zero-order valence-electron chi connectivity index (χ0n) is 27.5. The van der Waals surface area contributed by atoms with Crippen LogP contribution in [0.5, 0.6) is 0 Å². The van der Waals surface area contributed by atoms with Crippen LogP contribution in [0.25, 0.3) is 54.7 Å². The summed E-state index contributed by atoms with van der Waals surface area (Å²) in [7, 11) is 0. The van der Waals surface area contributed by atoms with E-state index < -0.39 is 5.41 Å². The molecule has 0 N–H and O–H groups in total. The first kappa shape index (κ1) is 29.4. The van der Waals surface area contributed by atoms with Crippen LogP contribution in [0, 0.1) is 0 Å². The van der Waals surface area contributed by atoms with E-state index in [4.69, 9.17) is 19.9 Å². The molecule has 52 heavy (non-hydrogen) atoms. The van der Waals surface area contributed by atoms with Gasteiger partial charge in [0.15, 0.2) is 11.6 Å². The number of anilines is 3. The third kappa shape index (κ3) is 4.19. The Kier molecular flexibility index (Phi) is 6.40. The Bertz CT molecular complexity index is 2770. The number of rotatable bonds is 4. The van der Waals surface area contributed by atoms with Crippen molar-refractivity contribution in [1.82, 2.24) is 24.9 Å². The highest BCUT2D eigenvalue weighted by molar-refractivity contribution is 7.21. The molecule has 5 aromatic heterocycles. The number of nitrogens with zero attached hydrogens (tertiary/aromatic N) is 6. The van der Waals surface area contributed by atoms with Gasteiger partial charge < -0.3 is 0 Å². The lowest BCUT2D eigenvalue weighted by Gasteiger charge is -2.43. The number of hydrogen-bond donors (Lipinski definition) is 0. The summed E-state index contributed by atoms with van der Waals surface area (Å²) in [5.74, 6) is 1.75. The average molecular weight is 703 g/mol. The first-order chi connectivity index (χ1) is 25.8. The molecular formula is C44H26N6S2. The van der Waals surface area contributed by atoms with Crippen molar-refractivity contribution < 1.29 is 0 Å². The maximum absolute atomic E-state index is 5.29. The third-order valence-electron chi connectivity index (χ3n) is 10.2. The fourth-order valence-corrected chi connectivity index (χ4v) is 10.1. The molecule has 0 amide bonds. The molecule has 6 nitrogen and oxygen atoms in total. The van der Waals surface area contributed by atoms with E-state index in [-0.39, 0.29) is 0 Å². The van der Waals surface area contributed by atoms with Crippen LogP contribution in [0.2, 0.25) is 0 Å². The zero-order chi connectivity index (χ0) is 34.2. The second kappa shape index (κ2) is 11.3. The quantitative estimate of drug-likeness (QED) is 0.182. The number of hydrogen-bond acceptors (Lipinski definition) is 8. The minimum Gasteiger partial charge on any atom is -0.278 e. The summed E-state index contributed by atoms with van der Waals surface area (Å²) in [6.45, 7) is 0. The fraction of sp³-hybridized carbons (Fsp3) is 0.0227. The third-order valence-corrected chi connectivity index (χ3v) is 12.2. The molecule has 9 aromatic rings. The molecule has 2 aliphatic rings. The van der Waals surface area contributed by atoms with Gasteiger partial charge in [-0.15, -0.1) is 22.7 Å². The van der Waals surface area contributed by atoms with Crippen LogP contribution in [0.3, 0.4) is 0 Å². The van der Waals surface area contributed by atoms with Gasteiger partial charge in [-0.3, -0.25) is 14.9 Å². The smallest absolute Gasteiger partial charge is 0.238 e. The molecule has 8 heteroatoms. The van der Waals surface area contributed by atoms with Gasteiger partial charge in [0.2, 0.25) is 5.95 Å². The number of para-hydroxylation sites is 1. The zero-order valence-corrected chi connectivity index (χ0v) is 29.1. The summed E-state index contributed by atoms with van der Waals surface area (Å²) in [5, 5.41) is 5.56. The van der Waals surface area contributed by atoms with Crippen LogP contribution in [-0.4, -0.2) is 24.9 Å². The van der Waals surface area contributed by atoms with Crippen molar-refractivity contribution in [2.24, 2.45) is 0 Å². The van der Waals surface area contributed by atoms with E-state index >= 15 is 0 Å². The largest absolute Gasteiger partial charge is 0.278 e. The summed E-state index contributed by atoms with van der Waals surface area (Å²) >= 11 is 3.65. The van der Waals surface area contributed by atoms with Gasteiger partial charge >= 0.3 is 0 Å². The molecule has 4 aromatic carbocycles. The summed E-state index contributed by atoms with van der Waals surface area (Å²) in [6.07, 6.45) is 3.67. The van der Waals surface area contributed by atoms with Gasteiger partial charge in [-0.2, -0.15) is 9.97 Å². The van der Waals surface area contributed by atoms with Crippen LogP contribution >= 0.6 is 22.7 Å². The predicted molar refractivity (Wildman–Crippen MR) is 211 cm³/mol. The van der Waals surface area contributed by atoms with Gasteiger partial charge in [-0.05, 0) is 81.5 Å². The Hall–Kier alpha value is -6.35. The van der Waals surface area contributed by atoms with Gasteiger partial charge in [0, 0.05) is 44.2 Å². The van der Waals surface area contributed by atoms with Crippen LogP contribution in [0.15, 0.2) is 157 Å². The fourth-order valence-electron chi connectivity index (χ4n) is 7.99. The van der Waals surface area contributed by atoms with E-state index in [0.29, 0.717) is 17.6 Å². The highest BCUT2D eigenvalue weighted by Gasteiger charge is 2.53. The summed E-state index contributed by atoms with van der Waals surface area (Å²) in [6, 6.07) is 46.5. The predicted octanol–water partition coefficient (Wildman–Crippen LogP) is 11.1. The molecule has 0 unspecified atom stereocenters. The number of thiophene rings is 2. The van der Waals surface area contributed by atoms with Crippen molar-refractivity contribution in [3.8, 4) is 43.8 Å². The molecular weight excluding hydrogens is 677 g/mol. The number of pyridine rings is 2. The van der Waals surface area contributed by atoms with Crippen LogP contribution in [0.4, 0.5) is 17.3 Å². The Morgan fingerprint density at radius 1 is 0.481 bits per heavy atom. The van der Waals surface area contributed by atoms with Gasteiger partial charge in [-0.25, -0.2) is 4.98 Å². The van der Waals surface area contributed by atoms with Gasteiger partial charge in [0.1, 0.15) is 0 Å². The first-order valence-corrected chi connectivity index (χ1v) is 18.8. The molecule has 0 saturated heterocycles. The lowest BCUT2D eigenvalue weighted by atomic mass is 9.65. The lowest BCUT2D eigenvalue weighted by Crippen LogP contribution is -2.36. The topological polar surface area (TPSA) is 67.7 Å². The second-order valence-electron chi connectivity index (χ2n) is 12.9. The maximum Gasteiger partial charge on any atom is 0.238 e. The Labute approximate surface area is 307 Å². The van der Waals surface area contributed by atoms with Crippen molar-refractivity contribution in [3.05, 3.63) is 179 Å². The van der Waals surface area contributed by atoms with Crippen molar-refractivity contribution in [1.29, 1.82) is 0 Å². The molecule has 1 spiro atoms. The highest BCUT2D eigenvalue weighted by Crippen LogP contribution is 2.65. The van der Waals surface area contributed by atoms with Crippen molar-refractivity contribution in [3.63, 3.8) is 0 Å². The normalized spacial score (nSPS) is 13.5. The number of fused-ring (bicyclic) bond motifs is 10. The standard InChI is InChI=1S/C44H26N6S2/c1-2-9-28(10-3-1)41-47-42(29-17-15-27(16-18-29)35-13-6-7-21-45-35)49-43(48-41)50-37-14-5-4-12-31(37)44(32-19-23-51-39(32)40-33(44)20-24-52-40)34-25-30-11-8-22-46-36(30)26-38(34)50/h1-26H. The first-order valence-electron chi connectivity index (χ1n) is 17.1. The maximum atomic E-state index is 5.29. The van der Waals surface area contributed by atoms with Crippen molar-refractivity contribution in [2.75, 3.05) is 4.90 Å². The SMILES string of the molecule is c1ccc(-c2nc(-c3ccc(-c4ccccn4)cc3)nc(N3c4ccccc4C4(c5cc6cccnc6cc53)c3ccsc3-c3sccc34)n2)cc1. The molecule has 0 fully saturated rings. The Morgan fingerprint density at radius 3 is 1.90 bits per heavy atom. The molecule has 1 aliphatic heterocycles. The summed E-state index contributed by atoms with van der Waals surface area (Å²) < 4.78 is 0. The molecule has 244 valence electrons. The molecule has 0 bridgehead atoms. The molecule has 11 rings (SSSR count). The second-order valence-corrected chi connectivity index (χ2v) is 14.8. The van der Waals surface area contributed by atoms with Crippen LogP contribution < -0.4 is 4.90 Å². The van der Waals surface area contributed by atoms with Crippen molar-refractivity contribution >= 4 is 50.9 Å². The van der Waals surface area contributed by atoms with E-state index in [0.717, 1.165) is 44.7 Å². The van der Waals surface area contributed by atoms with E-state index in [1.165, 1.54) is 32.0 Å². The van der Waals surface area contributed by atoms with Gasteiger partial charge in [0.25, 0.3) is 0 Å². The van der Waals surface area contributed by atoms with E-state index in [1.807, 2.05) is 89.7 Å². The summed E-state index contributed by atoms with van der Waals surface area (Å²) in [4.78, 5) is 29.9. The molecule has 0 radical (unpaired) electrons. The number of aromatic nitrogens is 5. The molecule has 6 heterocycles. The van der Waals surface area contributed by atoms with Crippen molar-refractivity contribution in [2.45, 2.75) is 5.41 Å². The molecule has 1 aliphatic carbocycles. The molecule has 0 atom stereocenters. The average Bonchev–Trinajstić information content (AvgIpc) is 3.95. The monoisotopic (exact) mass is 702 g/mol. The van der Waals surface area contributed by atoms with E-state index in [2.05, 4.69) is 99.5 Å². The van der Waals surface area contributed by atoms with Gasteiger partial charge in [0.05, 0.1) is 28.0 Å². The molecule has 0 saturated carbocycles. The highest BCUT2D eigenvalue weighted by atomic mass is 32.1. The number of benzene rings is 4. The van der Waals surface area contributed by atoms with E-state index in [1.54, 1.807) is 0 Å². The van der Waals surface area contributed by atoms with Crippen LogP contribution in [-0.2, 0) is 5.41 Å². The van der Waals surface area contributed by atoms with Gasteiger partial charge in [-0.1, -0.05) is 84.9 Å². The van der Waals surface area contributed by atoms with Crippen LogP contribution in [0.1, 0.15) is 22.3 Å². The minimum absolute atomic E-state index is 0.503. The minimum atomic E-state index is -0.503. The Balaban J connectivity index is 1.19.